The van der Waals surface area contributed by atoms with Crippen molar-refractivity contribution in [1.29, 1.82) is 0 Å². The second-order valence-electron chi connectivity index (χ2n) is 6.42. The summed E-state index contributed by atoms with van der Waals surface area (Å²) in [4.78, 5) is 13.6. The summed E-state index contributed by atoms with van der Waals surface area (Å²) in [5.74, 6) is -0.0307. The maximum absolute atomic E-state index is 13.6. The van der Waals surface area contributed by atoms with Crippen molar-refractivity contribution < 1.29 is 9.18 Å². The number of likely N-dealkylation sites (tertiary alicyclic amines) is 1. The maximum Gasteiger partial charge on any atom is 0.233 e. The molecule has 1 aromatic carbocycles. The molecule has 1 aliphatic rings. The number of rotatable bonds is 7. The van der Waals surface area contributed by atoms with Crippen molar-refractivity contribution in [2.45, 2.75) is 44.7 Å². The van der Waals surface area contributed by atoms with Gasteiger partial charge in [-0.1, -0.05) is 18.2 Å². The lowest BCUT2D eigenvalue weighted by Gasteiger charge is -2.33. The Morgan fingerprint density at radius 3 is 2.70 bits per heavy atom. The number of carbonyl (C=O) groups is 1. The summed E-state index contributed by atoms with van der Waals surface area (Å²) < 4.78 is 13.6. The van der Waals surface area contributed by atoms with E-state index in [1.807, 2.05) is 12.1 Å². The standard InChI is InChI=1S/C18H28FN3O/c1-14(7-8-15-5-3-4-6-17(15)19)21-16-9-11-22(12-10-16)13-18(23)20-2/h3-6,14,16,21H,7-13H2,1-2H3,(H,20,23)/t14-/m1/s1. The van der Waals surface area contributed by atoms with E-state index in [0.29, 0.717) is 18.6 Å². The molecule has 1 aliphatic heterocycles. The minimum absolute atomic E-state index is 0.0784. The van der Waals surface area contributed by atoms with Crippen LogP contribution in [0, 0.1) is 5.82 Å². The molecule has 1 atom stereocenters. The Bertz CT molecular complexity index is 501. The Balaban J connectivity index is 1.67. The number of nitrogens with one attached hydrogen (secondary N) is 2. The van der Waals surface area contributed by atoms with Gasteiger partial charge in [0, 0.05) is 32.2 Å². The molecule has 0 aliphatic carbocycles. The molecule has 0 saturated carbocycles. The summed E-state index contributed by atoms with van der Waals surface area (Å²) in [6, 6.07) is 7.86. The largest absolute Gasteiger partial charge is 0.358 e. The Labute approximate surface area is 138 Å². The summed E-state index contributed by atoms with van der Waals surface area (Å²) in [6.45, 7) is 4.56. The van der Waals surface area contributed by atoms with E-state index in [1.165, 1.54) is 6.07 Å². The van der Waals surface area contributed by atoms with Crippen molar-refractivity contribution in [3.05, 3.63) is 35.6 Å². The molecule has 0 aromatic heterocycles. The zero-order chi connectivity index (χ0) is 16.7. The molecule has 2 rings (SSSR count). The number of piperidine rings is 1. The van der Waals surface area contributed by atoms with Crippen molar-refractivity contribution in [3.63, 3.8) is 0 Å². The molecule has 0 unspecified atom stereocenters. The monoisotopic (exact) mass is 321 g/mol. The maximum atomic E-state index is 13.6. The van der Waals surface area contributed by atoms with Crippen LogP contribution in [-0.4, -0.2) is 49.6 Å². The van der Waals surface area contributed by atoms with Gasteiger partial charge in [-0.3, -0.25) is 9.69 Å². The van der Waals surface area contributed by atoms with E-state index < -0.39 is 0 Å². The van der Waals surface area contributed by atoms with Gasteiger partial charge in [0.1, 0.15) is 5.82 Å². The minimum Gasteiger partial charge on any atom is -0.358 e. The van der Waals surface area contributed by atoms with Crippen molar-refractivity contribution in [1.82, 2.24) is 15.5 Å². The van der Waals surface area contributed by atoms with Crippen LogP contribution in [0.15, 0.2) is 24.3 Å². The highest BCUT2D eigenvalue weighted by atomic mass is 19.1. The fourth-order valence-electron chi connectivity index (χ4n) is 3.10. The van der Waals surface area contributed by atoms with E-state index in [0.717, 1.165) is 44.3 Å². The average molecular weight is 321 g/mol. The van der Waals surface area contributed by atoms with Gasteiger partial charge in [-0.25, -0.2) is 4.39 Å². The van der Waals surface area contributed by atoms with Crippen molar-refractivity contribution in [2.75, 3.05) is 26.7 Å². The molecule has 0 bridgehead atoms. The van der Waals surface area contributed by atoms with Gasteiger partial charge in [-0.05, 0) is 44.2 Å². The molecule has 1 saturated heterocycles. The summed E-state index contributed by atoms with van der Waals surface area (Å²) in [6.07, 6.45) is 3.80. The normalized spacial score (nSPS) is 17.9. The third-order valence-corrected chi connectivity index (χ3v) is 4.56. The molecule has 128 valence electrons. The van der Waals surface area contributed by atoms with Gasteiger partial charge in [0.25, 0.3) is 0 Å². The van der Waals surface area contributed by atoms with Crippen molar-refractivity contribution >= 4 is 5.91 Å². The van der Waals surface area contributed by atoms with E-state index in [-0.39, 0.29) is 11.7 Å². The predicted molar refractivity (Wildman–Crippen MR) is 90.8 cm³/mol. The zero-order valence-corrected chi connectivity index (χ0v) is 14.1. The molecule has 1 aromatic rings. The third kappa shape index (κ3) is 5.92. The van der Waals surface area contributed by atoms with Gasteiger partial charge >= 0.3 is 0 Å². The van der Waals surface area contributed by atoms with Crippen molar-refractivity contribution in [3.8, 4) is 0 Å². The Hall–Kier alpha value is -1.46. The number of carbonyl (C=O) groups excluding carboxylic acids is 1. The SMILES string of the molecule is CNC(=O)CN1CCC(N[C@H](C)CCc2ccccc2F)CC1. The van der Waals surface area contributed by atoms with Gasteiger partial charge in [0.05, 0.1) is 6.54 Å². The lowest BCUT2D eigenvalue weighted by Crippen LogP contribution is -2.47. The van der Waals surface area contributed by atoms with Crippen LogP contribution in [0.25, 0.3) is 0 Å². The van der Waals surface area contributed by atoms with E-state index in [1.54, 1.807) is 13.1 Å². The molecule has 1 fully saturated rings. The Morgan fingerprint density at radius 1 is 1.35 bits per heavy atom. The van der Waals surface area contributed by atoms with Crippen LogP contribution < -0.4 is 10.6 Å². The topological polar surface area (TPSA) is 44.4 Å². The number of benzene rings is 1. The van der Waals surface area contributed by atoms with Crippen LogP contribution in [0.5, 0.6) is 0 Å². The van der Waals surface area contributed by atoms with Crippen LogP contribution in [0.1, 0.15) is 31.7 Å². The highest BCUT2D eigenvalue weighted by Gasteiger charge is 2.21. The van der Waals surface area contributed by atoms with Crippen LogP contribution >= 0.6 is 0 Å². The van der Waals surface area contributed by atoms with Gasteiger partial charge in [-0.2, -0.15) is 0 Å². The molecular formula is C18H28FN3O. The molecule has 1 amide bonds. The molecule has 4 nitrogen and oxygen atoms in total. The number of hydrogen-bond acceptors (Lipinski definition) is 3. The number of nitrogens with zero attached hydrogens (tertiary/aromatic N) is 1. The van der Waals surface area contributed by atoms with Gasteiger partial charge < -0.3 is 10.6 Å². The molecule has 1 heterocycles. The van der Waals surface area contributed by atoms with Crippen LogP contribution in [0.2, 0.25) is 0 Å². The lowest BCUT2D eigenvalue weighted by atomic mass is 10.0. The van der Waals surface area contributed by atoms with Crippen LogP contribution in [0.4, 0.5) is 4.39 Å². The quantitative estimate of drug-likeness (QED) is 0.807. The number of likely N-dealkylation sites (N-methyl/N-ethyl adjacent to an activating group) is 1. The first-order chi connectivity index (χ1) is 11.1. The lowest BCUT2D eigenvalue weighted by molar-refractivity contribution is -0.122. The molecule has 23 heavy (non-hydrogen) atoms. The summed E-state index contributed by atoms with van der Waals surface area (Å²) in [5, 5.41) is 6.31. The first-order valence-corrected chi connectivity index (χ1v) is 8.51. The molecule has 5 heteroatoms. The number of hydrogen-bond donors (Lipinski definition) is 2. The zero-order valence-electron chi connectivity index (χ0n) is 14.1. The van der Waals surface area contributed by atoms with Crippen LogP contribution in [-0.2, 0) is 11.2 Å². The van der Waals surface area contributed by atoms with E-state index >= 15 is 0 Å². The highest BCUT2D eigenvalue weighted by Crippen LogP contribution is 2.14. The first kappa shape index (κ1) is 17.9. The Morgan fingerprint density at radius 2 is 2.04 bits per heavy atom. The average Bonchev–Trinajstić information content (AvgIpc) is 2.56. The first-order valence-electron chi connectivity index (χ1n) is 8.51. The Kier molecular flexibility index (Phi) is 6.99. The number of amides is 1. The summed E-state index contributed by atoms with van der Waals surface area (Å²) in [5.41, 5.74) is 0.793. The number of halogens is 1. The second-order valence-corrected chi connectivity index (χ2v) is 6.42. The van der Waals surface area contributed by atoms with Gasteiger partial charge in [0.2, 0.25) is 5.91 Å². The molecular weight excluding hydrogens is 293 g/mol. The number of aryl methyl sites for hydroxylation is 1. The van der Waals surface area contributed by atoms with Crippen molar-refractivity contribution in [2.24, 2.45) is 0 Å². The molecule has 0 radical (unpaired) electrons. The predicted octanol–water partition coefficient (Wildman–Crippen LogP) is 1.95. The highest BCUT2D eigenvalue weighted by molar-refractivity contribution is 5.77. The van der Waals surface area contributed by atoms with E-state index in [2.05, 4.69) is 22.5 Å². The summed E-state index contributed by atoms with van der Waals surface area (Å²) in [7, 11) is 1.67. The fourth-order valence-corrected chi connectivity index (χ4v) is 3.10. The molecule has 2 N–H and O–H groups in total. The summed E-state index contributed by atoms with van der Waals surface area (Å²) >= 11 is 0. The van der Waals surface area contributed by atoms with E-state index in [4.69, 9.17) is 0 Å². The third-order valence-electron chi connectivity index (χ3n) is 4.56. The minimum atomic E-state index is -0.109. The smallest absolute Gasteiger partial charge is 0.233 e. The van der Waals surface area contributed by atoms with E-state index in [9.17, 15) is 9.18 Å². The second kappa shape index (κ2) is 8.99. The van der Waals surface area contributed by atoms with Gasteiger partial charge in [-0.15, -0.1) is 0 Å². The van der Waals surface area contributed by atoms with Crippen LogP contribution in [0.3, 0.4) is 0 Å². The fraction of sp³-hybridized carbons (Fsp3) is 0.611. The molecule has 0 spiro atoms. The van der Waals surface area contributed by atoms with Gasteiger partial charge in [0.15, 0.2) is 0 Å².